The van der Waals surface area contributed by atoms with Crippen LogP contribution in [0.5, 0.6) is 0 Å². The minimum absolute atomic E-state index is 0.0260. The van der Waals surface area contributed by atoms with Crippen LogP contribution >= 0.6 is 0 Å². The standard InChI is InChI=1S/C30H25FN6O/c1-30(2,3)25-16-20(13-14-32-25)24(38)17-22-18-37-27(33-22)12-11-23(35-37)29-28(19-7-9-21(31)10-8-19)34-26-6-4-5-15-36(26)29/h4-16,18H,17H2,1-3H3. The van der Waals surface area contributed by atoms with Crippen LogP contribution in [-0.2, 0) is 11.8 Å². The lowest BCUT2D eigenvalue weighted by atomic mass is 9.90. The molecule has 0 saturated heterocycles. The molecule has 7 nitrogen and oxygen atoms in total. The highest BCUT2D eigenvalue weighted by atomic mass is 19.1. The number of hydrogen-bond acceptors (Lipinski definition) is 5. The molecule has 0 N–H and O–H groups in total. The number of benzene rings is 1. The van der Waals surface area contributed by atoms with Crippen molar-refractivity contribution in [3.8, 4) is 22.6 Å². The normalized spacial score (nSPS) is 11.9. The van der Waals surface area contributed by atoms with Gasteiger partial charge in [0.05, 0.1) is 24.0 Å². The fraction of sp³-hybridized carbons (Fsp3) is 0.167. The predicted molar refractivity (Wildman–Crippen MR) is 144 cm³/mol. The highest BCUT2D eigenvalue weighted by molar-refractivity contribution is 5.97. The number of imidazole rings is 2. The molecule has 5 aromatic heterocycles. The van der Waals surface area contributed by atoms with Crippen LogP contribution in [0, 0.1) is 5.82 Å². The van der Waals surface area contributed by atoms with E-state index in [2.05, 4.69) is 30.7 Å². The summed E-state index contributed by atoms with van der Waals surface area (Å²) in [4.78, 5) is 26.9. The van der Waals surface area contributed by atoms with Crippen molar-refractivity contribution in [2.75, 3.05) is 0 Å². The number of hydrogen-bond donors (Lipinski definition) is 0. The van der Waals surface area contributed by atoms with Crippen molar-refractivity contribution in [3.63, 3.8) is 0 Å². The lowest BCUT2D eigenvalue weighted by molar-refractivity contribution is 0.0992. The molecule has 8 heteroatoms. The summed E-state index contributed by atoms with van der Waals surface area (Å²) < 4.78 is 17.2. The summed E-state index contributed by atoms with van der Waals surface area (Å²) in [5.41, 5.74) is 6.31. The first-order valence-electron chi connectivity index (χ1n) is 12.3. The fourth-order valence-electron chi connectivity index (χ4n) is 4.47. The Balaban J connectivity index is 1.37. The van der Waals surface area contributed by atoms with Crippen LogP contribution in [0.1, 0.15) is 42.5 Å². The Morgan fingerprint density at radius 2 is 1.76 bits per heavy atom. The van der Waals surface area contributed by atoms with Gasteiger partial charge in [0.1, 0.15) is 22.9 Å². The molecule has 0 unspecified atom stereocenters. The minimum atomic E-state index is -0.305. The summed E-state index contributed by atoms with van der Waals surface area (Å²) in [7, 11) is 0. The van der Waals surface area contributed by atoms with E-state index < -0.39 is 0 Å². The maximum absolute atomic E-state index is 13.6. The van der Waals surface area contributed by atoms with E-state index in [1.165, 1.54) is 12.1 Å². The number of carbonyl (C=O) groups is 1. The van der Waals surface area contributed by atoms with E-state index in [-0.39, 0.29) is 23.4 Å². The Labute approximate surface area is 218 Å². The molecule has 6 rings (SSSR count). The second-order valence-electron chi connectivity index (χ2n) is 10.3. The summed E-state index contributed by atoms with van der Waals surface area (Å²) in [6, 6.07) is 19.4. The molecule has 0 radical (unpaired) electrons. The Morgan fingerprint density at radius 1 is 0.947 bits per heavy atom. The molecular weight excluding hydrogens is 479 g/mol. The maximum Gasteiger partial charge on any atom is 0.168 e. The van der Waals surface area contributed by atoms with Crippen LogP contribution in [-0.4, -0.2) is 34.7 Å². The molecule has 1 aromatic carbocycles. The van der Waals surface area contributed by atoms with Gasteiger partial charge in [-0.1, -0.05) is 26.8 Å². The van der Waals surface area contributed by atoms with Crippen molar-refractivity contribution in [3.05, 3.63) is 108 Å². The minimum Gasteiger partial charge on any atom is -0.298 e. The number of aromatic nitrogens is 6. The molecule has 0 aliphatic heterocycles. The van der Waals surface area contributed by atoms with Gasteiger partial charge in [0.15, 0.2) is 11.4 Å². The molecule has 0 aliphatic rings. The van der Waals surface area contributed by atoms with Gasteiger partial charge < -0.3 is 0 Å². The molecule has 0 saturated carbocycles. The van der Waals surface area contributed by atoms with Crippen molar-refractivity contribution in [1.29, 1.82) is 0 Å². The first-order valence-corrected chi connectivity index (χ1v) is 12.3. The van der Waals surface area contributed by atoms with Crippen molar-refractivity contribution < 1.29 is 9.18 Å². The van der Waals surface area contributed by atoms with Gasteiger partial charge in [0, 0.05) is 34.6 Å². The number of halogens is 1. The van der Waals surface area contributed by atoms with Crippen molar-refractivity contribution in [2.24, 2.45) is 0 Å². The molecular formula is C30H25FN6O. The van der Waals surface area contributed by atoms with Crippen molar-refractivity contribution >= 4 is 17.1 Å². The van der Waals surface area contributed by atoms with Gasteiger partial charge in [0.25, 0.3) is 0 Å². The topological polar surface area (TPSA) is 77.5 Å². The third kappa shape index (κ3) is 4.34. The van der Waals surface area contributed by atoms with Gasteiger partial charge in [-0.2, -0.15) is 5.10 Å². The Hall–Kier alpha value is -4.72. The zero-order valence-electron chi connectivity index (χ0n) is 21.3. The number of pyridine rings is 2. The van der Waals surface area contributed by atoms with Gasteiger partial charge in [0.2, 0.25) is 0 Å². The molecule has 0 atom stereocenters. The maximum atomic E-state index is 13.6. The van der Waals surface area contributed by atoms with E-state index in [4.69, 9.17) is 10.1 Å². The monoisotopic (exact) mass is 504 g/mol. The molecule has 0 spiro atoms. The van der Waals surface area contributed by atoms with Gasteiger partial charge in [-0.3, -0.25) is 14.2 Å². The average Bonchev–Trinajstić information content (AvgIpc) is 3.49. The fourth-order valence-corrected chi connectivity index (χ4v) is 4.47. The number of carbonyl (C=O) groups excluding carboxylic acids is 1. The summed E-state index contributed by atoms with van der Waals surface area (Å²) in [6.45, 7) is 6.21. The van der Waals surface area contributed by atoms with Gasteiger partial charge >= 0.3 is 0 Å². The van der Waals surface area contributed by atoms with E-state index in [0.717, 1.165) is 22.6 Å². The molecule has 188 valence electrons. The Morgan fingerprint density at radius 3 is 2.55 bits per heavy atom. The molecule has 0 bridgehead atoms. The van der Waals surface area contributed by atoms with Crippen LogP contribution in [0.15, 0.2) is 85.3 Å². The quantitative estimate of drug-likeness (QED) is 0.271. The second kappa shape index (κ2) is 8.99. The van der Waals surface area contributed by atoms with E-state index in [1.54, 1.807) is 35.1 Å². The number of Topliss-reactive ketones (excluding diaryl/α,β-unsaturated/α-hetero) is 1. The number of nitrogens with zero attached hydrogens (tertiary/aromatic N) is 6. The number of fused-ring (bicyclic) bond motifs is 2. The van der Waals surface area contributed by atoms with Crippen LogP contribution in [0.4, 0.5) is 4.39 Å². The number of rotatable bonds is 5. The molecule has 5 heterocycles. The Kier molecular flexibility index (Phi) is 5.60. The van der Waals surface area contributed by atoms with Crippen LogP contribution in [0.3, 0.4) is 0 Å². The summed E-state index contributed by atoms with van der Waals surface area (Å²) in [5, 5.41) is 4.82. The van der Waals surface area contributed by atoms with Crippen LogP contribution in [0.2, 0.25) is 0 Å². The van der Waals surface area contributed by atoms with E-state index in [0.29, 0.717) is 28.3 Å². The lowest BCUT2D eigenvalue weighted by Gasteiger charge is -2.17. The van der Waals surface area contributed by atoms with E-state index >= 15 is 0 Å². The lowest BCUT2D eigenvalue weighted by Crippen LogP contribution is -2.15. The van der Waals surface area contributed by atoms with E-state index in [9.17, 15) is 9.18 Å². The van der Waals surface area contributed by atoms with Crippen molar-refractivity contribution in [2.45, 2.75) is 32.6 Å². The Bertz CT molecular complexity index is 1810. The van der Waals surface area contributed by atoms with Crippen molar-refractivity contribution in [1.82, 2.24) is 29.0 Å². The molecule has 6 aromatic rings. The third-order valence-electron chi connectivity index (χ3n) is 6.45. The molecule has 0 fully saturated rings. The van der Waals surface area contributed by atoms with Gasteiger partial charge in [-0.05, 0) is 60.7 Å². The molecule has 0 aliphatic carbocycles. The van der Waals surface area contributed by atoms with Crippen LogP contribution in [0.25, 0.3) is 33.9 Å². The summed E-state index contributed by atoms with van der Waals surface area (Å²) in [5.74, 6) is -0.331. The zero-order chi connectivity index (χ0) is 26.4. The second-order valence-corrected chi connectivity index (χ2v) is 10.3. The third-order valence-corrected chi connectivity index (χ3v) is 6.45. The van der Waals surface area contributed by atoms with Gasteiger partial charge in [-0.15, -0.1) is 0 Å². The average molecular weight is 505 g/mol. The number of ketones is 1. The highest BCUT2D eigenvalue weighted by Gasteiger charge is 2.20. The zero-order valence-corrected chi connectivity index (χ0v) is 21.3. The predicted octanol–water partition coefficient (Wildman–Crippen LogP) is 5.97. The smallest absolute Gasteiger partial charge is 0.168 e. The molecule has 0 amide bonds. The first kappa shape index (κ1) is 23.7. The molecule has 38 heavy (non-hydrogen) atoms. The summed E-state index contributed by atoms with van der Waals surface area (Å²) >= 11 is 0. The largest absolute Gasteiger partial charge is 0.298 e. The van der Waals surface area contributed by atoms with Crippen LogP contribution < -0.4 is 0 Å². The van der Waals surface area contributed by atoms with E-state index in [1.807, 2.05) is 47.0 Å². The van der Waals surface area contributed by atoms with Gasteiger partial charge in [-0.25, -0.2) is 18.9 Å². The first-order chi connectivity index (χ1) is 18.3. The highest BCUT2D eigenvalue weighted by Crippen LogP contribution is 2.32. The summed E-state index contributed by atoms with van der Waals surface area (Å²) in [6.07, 6.45) is 5.54. The SMILES string of the molecule is CC(C)(C)c1cc(C(=O)Cc2cn3nc(-c4c(-c5ccc(F)cc5)nc5ccccn45)ccc3n2)ccn1.